The summed E-state index contributed by atoms with van der Waals surface area (Å²) < 4.78 is 26.9. The molecule has 0 amide bonds. The minimum Gasteiger partial charge on any atom is -0.363 e. The minimum atomic E-state index is -3.51. The van der Waals surface area contributed by atoms with Gasteiger partial charge in [-0.3, -0.25) is 0 Å². The number of sulfonamides is 1. The third-order valence-corrected chi connectivity index (χ3v) is 6.55. The van der Waals surface area contributed by atoms with E-state index in [2.05, 4.69) is 10.2 Å². The van der Waals surface area contributed by atoms with E-state index in [9.17, 15) is 8.42 Å². The van der Waals surface area contributed by atoms with E-state index in [4.69, 9.17) is 23.8 Å². The summed E-state index contributed by atoms with van der Waals surface area (Å²) in [5.41, 5.74) is 0. The maximum Gasteiger partial charge on any atom is 0.243 e. The van der Waals surface area contributed by atoms with Crippen molar-refractivity contribution < 1.29 is 8.42 Å². The van der Waals surface area contributed by atoms with Crippen LogP contribution in [-0.2, 0) is 10.0 Å². The first-order valence-corrected chi connectivity index (χ1v) is 10.5. The van der Waals surface area contributed by atoms with Crippen LogP contribution in [0.4, 0.5) is 0 Å². The molecule has 140 valence electrons. The number of halogens is 1. The molecule has 0 atom stereocenters. The second-order valence-electron chi connectivity index (χ2n) is 6.24. The van der Waals surface area contributed by atoms with Gasteiger partial charge in [0.15, 0.2) is 5.11 Å². The van der Waals surface area contributed by atoms with E-state index in [-0.39, 0.29) is 4.90 Å². The number of benzene rings is 1. The zero-order valence-electron chi connectivity index (χ0n) is 14.6. The molecule has 0 bridgehead atoms. The molecule has 25 heavy (non-hydrogen) atoms. The maximum atomic E-state index is 12.7. The second kappa shape index (κ2) is 9.14. The topological polar surface area (TPSA) is 55.9 Å². The van der Waals surface area contributed by atoms with Crippen LogP contribution in [0.5, 0.6) is 0 Å². The summed E-state index contributed by atoms with van der Waals surface area (Å²) in [6.07, 6.45) is 1.01. The molecular weight excluding hydrogens is 380 g/mol. The van der Waals surface area contributed by atoms with Gasteiger partial charge in [0, 0.05) is 37.7 Å². The van der Waals surface area contributed by atoms with Crippen molar-refractivity contribution in [2.45, 2.75) is 11.3 Å². The molecule has 9 heteroatoms. The first-order chi connectivity index (χ1) is 11.8. The molecule has 0 aromatic heterocycles. The van der Waals surface area contributed by atoms with Crippen molar-refractivity contribution in [1.29, 1.82) is 0 Å². The molecule has 6 nitrogen and oxygen atoms in total. The van der Waals surface area contributed by atoms with E-state index in [1.165, 1.54) is 10.4 Å². The number of nitrogens with one attached hydrogen (secondary N) is 1. The Kier molecular flexibility index (Phi) is 7.45. The molecule has 1 saturated heterocycles. The van der Waals surface area contributed by atoms with Gasteiger partial charge in [-0.2, -0.15) is 4.31 Å². The molecule has 1 aromatic rings. The highest BCUT2D eigenvalue weighted by Crippen LogP contribution is 2.20. The predicted octanol–water partition coefficient (Wildman–Crippen LogP) is 1.47. The standard InChI is InChI=1S/C16H25ClN4O2S2/c1-19(2)8-4-7-18-16(24)20-9-11-21(12-10-20)25(22,23)15-6-3-5-14(17)13-15/h3,5-6,13H,4,7-12H2,1-2H3,(H,18,24). The van der Waals surface area contributed by atoms with Gasteiger partial charge in [-0.05, 0) is 57.5 Å². The Morgan fingerprint density at radius 3 is 2.56 bits per heavy atom. The van der Waals surface area contributed by atoms with Gasteiger partial charge in [-0.1, -0.05) is 17.7 Å². The SMILES string of the molecule is CN(C)CCCNC(=S)N1CCN(S(=O)(=O)c2cccc(Cl)c2)CC1. The van der Waals surface area contributed by atoms with Crippen molar-refractivity contribution in [2.75, 3.05) is 53.4 Å². The van der Waals surface area contributed by atoms with Crippen molar-refractivity contribution in [3.8, 4) is 0 Å². The lowest BCUT2D eigenvalue weighted by atomic mass is 10.4. The van der Waals surface area contributed by atoms with Crippen molar-refractivity contribution in [2.24, 2.45) is 0 Å². The molecule has 0 radical (unpaired) electrons. The summed E-state index contributed by atoms with van der Waals surface area (Å²) in [4.78, 5) is 4.39. The van der Waals surface area contributed by atoms with Crippen molar-refractivity contribution in [3.05, 3.63) is 29.3 Å². The molecule has 0 aliphatic carbocycles. The Bertz CT molecular complexity index is 689. The van der Waals surface area contributed by atoms with Crippen LogP contribution < -0.4 is 5.32 Å². The molecule has 2 rings (SSSR count). The monoisotopic (exact) mass is 404 g/mol. The molecular formula is C16H25ClN4O2S2. The van der Waals surface area contributed by atoms with E-state index >= 15 is 0 Å². The van der Waals surface area contributed by atoms with E-state index in [0.717, 1.165) is 19.5 Å². The van der Waals surface area contributed by atoms with E-state index < -0.39 is 10.0 Å². The smallest absolute Gasteiger partial charge is 0.243 e. The Balaban J connectivity index is 1.85. The Morgan fingerprint density at radius 1 is 1.28 bits per heavy atom. The fourth-order valence-corrected chi connectivity index (χ4v) is 4.62. The molecule has 0 unspecified atom stereocenters. The first-order valence-electron chi connectivity index (χ1n) is 8.24. The summed E-state index contributed by atoms with van der Waals surface area (Å²) >= 11 is 11.3. The number of hydrogen-bond donors (Lipinski definition) is 1. The van der Waals surface area contributed by atoms with Crippen molar-refractivity contribution >= 4 is 39.0 Å². The molecule has 1 heterocycles. The highest BCUT2D eigenvalue weighted by Gasteiger charge is 2.29. The van der Waals surface area contributed by atoms with E-state index in [1.54, 1.807) is 18.2 Å². The number of nitrogens with zero attached hydrogens (tertiary/aromatic N) is 3. The highest BCUT2D eigenvalue weighted by atomic mass is 35.5. The maximum absolute atomic E-state index is 12.7. The summed E-state index contributed by atoms with van der Waals surface area (Å²) in [6, 6.07) is 6.38. The number of rotatable bonds is 6. The third kappa shape index (κ3) is 5.79. The Morgan fingerprint density at radius 2 is 1.96 bits per heavy atom. The quantitative estimate of drug-likeness (QED) is 0.572. The fraction of sp³-hybridized carbons (Fsp3) is 0.562. The van der Waals surface area contributed by atoms with Gasteiger partial charge in [0.25, 0.3) is 0 Å². The lowest BCUT2D eigenvalue weighted by Crippen LogP contribution is -2.53. The van der Waals surface area contributed by atoms with Gasteiger partial charge in [0.1, 0.15) is 0 Å². The first kappa shape index (κ1) is 20.4. The third-order valence-electron chi connectivity index (χ3n) is 4.02. The van der Waals surface area contributed by atoms with Crippen LogP contribution in [0.15, 0.2) is 29.2 Å². The summed E-state index contributed by atoms with van der Waals surface area (Å²) in [6.45, 7) is 3.81. The number of hydrogen-bond acceptors (Lipinski definition) is 4. The molecule has 1 aromatic carbocycles. The number of piperazine rings is 1. The van der Waals surface area contributed by atoms with Crippen molar-refractivity contribution in [3.63, 3.8) is 0 Å². The number of thiocarbonyl (C=S) groups is 1. The average molecular weight is 405 g/mol. The van der Waals surface area contributed by atoms with E-state index in [1.807, 2.05) is 19.0 Å². The molecule has 1 fully saturated rings. The Hall–Kier alpha value is -0.930. The zero-order chi connectivity index (χ0) is 18.4. The van der Waals surface area contributed by atoms with Gasteiger partial charge < -0.3 is 15.1 Å². The highest BCUT2D eigenvalue weighted by molar-refractivity contribution is 7.89. The average Bonchev–Trinajstić information content (AvgIpc) is 2.58. The van der Waals surface area contributed by atoms with Crippen LogP contribution in [-0.4, -0.2) is 81.0 Å². The van der Waals surface area contributed by atoms with E-state index in [0.29, 0.717) is 36.3 Å². The van der Waals surface area contributed by atoms with Crippen LogP contribution in [0.25, 0.3) is 0 Å². The summed E-state index contributed by atoms with van der Waals surface area (Å²) in [5.74, 6) is 0. The van der Waals surface area contributed by atoms with Crippen LogP contribution in [0.1, 0.15) is 6.42 Å². The van der Waals surface area contributed by atoms with Crippen LogP contribution >= 0.6 is 23.8 Å². The zero-order valence-corrected chi connectivity index (χ0v) is 17.0. The normalized spacial score (nSPS) is 16.2. The van der Waals surface area contributed by atoms with Crippen LogP contribution in [0.3, 0.4) is 0 Å². The van der Waals surface area contributed by atoms with Gasteiger partial charge in [0.2, 0.25) is 10.0 Å². The minimum absolute atomic E-state index is 0.234. The van der Waals surface area contributed by atoms with Gasteiger partial charge in [-0.25, -0.2) is 8.42 Å². The van der Waals surface area contributed by atoms with Crippen LogP contribution in [0.2, 0.25) is 5.02 Å². The van der Waals surface area contributed by atoms with Gasteiger partial charge in [-0.15, -0.1) is 0 Å². The summed E-state index contributed by atoms with van der Waals surface area (Å²) in [7, 11) is 0.568. The van der Waals surface area contributed by atoms with Gasteiger partial charge >= 0.3 is 0 Å². The van der Waals surface area contributed by atoms with Crippen LogP contribution in [0, 0.1) is 0 Å². The van der Waals surface area contributed by atoms with Crippen molar-refractivity contribution in [1.82, 2.24) is 19.4 Å². The lowest BCUT2D eigenvalue weighted by molar-refractivity contribution is 0.263. The largest absolute Gasteiger partial charge is 0.363 e. The molecule has 0 spiro atoms. The van der Waals surface area contributed by atoms with Gasteiger partial charge in [0.05, 0.1) is 4.90 Å². The second-order valence-corrected chi connectivity index (χ2v) is 9.00. The predicted molar refractivity (Wildman–Crippen MR) is 106 cm³/mol. The molecule has 0 saturated carbocycles. The Labute approximate surface area is 160 Å². The summed E-state index contributed by atoms with van der Waals surface area (Å²) in [5, 5.41) is 4.36. The fourth-order valence-electron chi connectivity index (χ4n) is 2.61. The molecule has 1 N–H and O–H groups in total. The molecule has 1 aliphatic heterocycles. The molecule has 1 aliphatic rings. The lowest BCUT2D eigenvalue weighted by Gasteiger charge is -2.35.